The van der Waals surface area contributed by atoms with Crippen molar-refractivity contribution in [3.63, 3.8) is 0 Å². The fraction of sp³-hybridized carbons (Fsp3) is 0.588. The van der Waals surface area contributed by atoms with Gasteiger partial charge in [0.15, 0.2) is 0 Å². The summed E-state index contributed by atoms with van der Waals surface area (Å²) in [4.78, 5) is 9.66. The van der Waals surface area contributed by atoms with Gasteiger partial charge in [0.1, 0.15) is 0 Å². The predicted octanol–water partition coefficient (Wildman–Crippen LogP) is 3.38. The number of nitrogens with two attached hydrogens (primary N) is 1. The van der Waals surface area contributed by atoms with Crippen molar-refractivity contribution in [2.24, 2.45) is 0 Å². The van der Waals surface area contributed by atoms with E-state index in [1.165, 1.54) is 0 Å². The third-order valence-corrected chi connectivity index (χ3v) is 5.21. The summed E-state index contributed by atoms with van der Waals surface area (Å²) in [5, 5.41) is 0.580. The Morgan fingerprint density at radius 2 is 1.83 bits per heavy atom. The van der Waals surface area contributed by atoms with Crippen molar-refractivity contribution in [3.8, 4) is 0 Å². The number of nitrogen functional groups attached to an aromatic ring is 1. The minimum absolute atomic E-state index is 0.426. The van der Waals surface area contributed by atoms with Gasteiger partial charge in [-0.05, 0) is 32.0 Å². The second kappa shape index (κ2) is 6.57. The lowest BCUT2D eigenvalue weighted by molar-refractivity contribution is 0.308. The number of halogens is 1. The molecule has 0 unspecified atom stereocenters. The number of nitrogens with zero attached hydrogens (tertiary/aromatic N) is 4. The van der Waals surface area contributed by atoms with E-state index in [-0.39, 0.29) is 0 Å². The largest absolute Gasteiger partial charge is 0.397 e. The summed E-state index contributed by atoms with van der Waals surface area (Å²) in [5.74, 6) is 1.06. The maximum absolute atomic E-state index is 6.21. The van der Waals surface area contributed by atoms with Crippen LogP contribution < -0.4 is 10.6 Å². The highest BCUT2D eigenvalue weighted by Gasteiger charge is 2.24. The van der Waals surface area contributed by atoms with Gasteiger partial charge in [0.25, 0.3) is 0 Å². The lowest BCUT2D eigenvalue weighted by atomic mass is 10.1. The van der Waals surface area contributed by atoms with Crippen molar-refractivity contribution in [2.45, 2.75) is 32.7 Å². The minimum atomic E-state index is 0.426. The highest BCUT2D eigenvalue weighted by atomic mass is 35.5. The molecule has 1 fully saturated rings. The third-order valence-electron chi connectivity index (χ3n) is 4.88. The first-order valence-electron chi connectivity index (χ1n) is 8.45. The number of anilines is 2. The fourth-order valence-corrected chi connectivity index (χ4v) is 3.52. The van der Waals surface area contributed by atoms with Gasteiger partial charge in [-0.15, -0.1) is 0 Å². The van der Waals surface area contributed by atoms with E-state index in [0.29, 0.717) is 16.8 Å². The molecular formula is C17H26ClN5. The van der Waals surface area contributed by atoms with Gasteiger partial charge < -0.3 is 20.1 Å². The Labute approximate surface area is 143 Å². The van der Waals surface area contributed by atoms with Crippen LogP contribution in [0, 0.1) is 0 Å². The van der Waals surface area contributed by atoms with Gasteiger partial charge in [0.05, 0.1) is 21.7 Å². The number of hydrogen-bond acceptors (Lipinski definition) is 4. The quantitative estimate of drug-likeness (QED) is 0.870. The lowest BCUT2D eigenvalue weighted by Gasteiger charge is -2.34. The molecule has 0 amide bonds. The summed E-state index contributed by atoms with van der Waals surface area (Å²) < 4.78 is 2.37. The van der Waals surface area contributed by atoms with Gasteiger partial charge in [-0.3, -0.25) is 0 Å². The predicted molar refractivity (Wildman–Crippen MR) is 98.5 cm³/mol. The Morgan fingerprint density at radius 3 is 2.43 bits per heavy atom. The molecule has 0 spiro atoms. The van der Waals surface area contributed by atoms with Crippen LogP contribution >= 0.6 is 11.6 Å². The standard InChI is InChI=1S/C17H26ClN5/c1-4-12(5-2)23-16-11-14(19)13(18)10-15(16)20-17(23)22-8-6-21(3)7-9-22/h10-12H,4-9,19H2,1-3H3. The van der Waals surface area contributed by atoms with Crippen LogP contribution in [0.3, 0.4) is 0 Å². The molecule has 2 aromatic rings. The van der Waals surface area contributed by atoms with E-state index in [0.717, 1.165) is 56.0 Å². The molecule has 126 valence electrons. The molecule has 0 atom stereocenters. The highest BCUT2D eigenvalue weighted by Crippen LogP contribution is 2.34. The van der Waals surface area contributed by atoms with Crippen LogP contribution in [0.15, 0.2) is 12.1 Å². The lowest BCUT2D eigenvalue weighted by Crippen LogP contribution is -2.45. The summed E-state index contributed by atoms with van der Waals surface area (Å²) in [6.07, 6.45) is 2.15. The van der Waals surface area contributed by atoms with Crippen molar-refractivity contribution in [3.05, 3.63) is 17.2 Å². The zero-order valence-electron chi connectivity index (χ0n) is 14.2. The van der Waals surface area contributed by atoms with Crippen LogP contribution in [-0.2, 0) is 0 Å². The molecule has 1 saturated heterocycles. The summed E-state index contributed by atoms with van der Waals surface area (Å²) >= 11 is 6.21. The van der Waals surface area contributed by atoms with Crippen molar-refractivity contribution in [2.75, 3.05) is 43.9 Å². The molecule has 5 nitrogen and oxygen atoms in total. The Hall–Kier alpha value is -1.46. The van der Waals surface area contributed by atoms with Gasteiger partial charge in [0.2, 0.25) is 5.95 Å². The molecule has 1 aromatic heterocycles. The van der Waals surface area contributed by atoms with Crippen molar-refractivity contribution < 1.29 is 0 Å². The van der Waals surface area contributed by atoms with Crippen LogP contribution in [0.2, 0.25) is 5.02 Å². The average Bonchev–Trinajstić information content (AvgIpc) is 2.89. The number of hydrogen-bond donors (Lipinski definition) is 1. The second-order valence-electron chi connectivity index (χ2n) is 6.40. The summed E-state index contributed by atoms with van der Waals surface area (Å²) in [7, 11) is 2.17. The fourth-order valence-electron chi connectivity index (χ4n) is 3.36. The second-order valence-corrected chi connectivity index (χ2v) is 6.81. The van der Waals surface area contributed by atoms with Gasteiger partial charge in [-0.1, -0.05) is 25.4 Å². The van der Waals surface area contributed by atoms with E-state index in [1.807, 2.05) is 12.1 Å². The van der Waals surface area contributed by atoms with Crippen molar-refractivity contribution in [1.29, 1.82) is 0 Å². The first-order valence-corrected chi connectivity index (χ1v) is 8.83. The Kier molecular flexibility index (Phi) is 4.69. The van der Waals surface area contributed by atoms with Crippen LogP contribution in [-0.4, -0.2) is 47.7 Å². The first-order chi connectivity index (χ1) is 11.0. The molecule has 6 heteroatoms. The Bertz CT molecular complexity index is 684. The van der Waals surface area contributed by atoms with Crippen molar-refractivity contribution in [1.82, 2.24) is 14.5 Å². The number of rotatable bonds is 4. The third kappa shape index (κ3) is 3.00. The molecule has 0 aliphatic carbocycles. The number of imidazole rings is 1. The molecule has 1 aliphatic rings. The highest BCUT2D eigenvalue weighted by molar-refractivity contribution is 6.33. The van der Waals surface area contributed by atoms with Gasteiger partial charge >= 0.3 is 0 Å². The number of benzene rings is 1. The molecule has 0 radical (unpaired) electrons. The molecule has 1 aromatic carbocycles. The smallest absolute Gasteiger partial charge is 0.206 e. The van der Waals surface area contributed by atoms with E-state index in [2.05, 4.69) is 35.3 Å². The molecule has 23 heavy (non-hydrogen) atoms. The molecule has 2 N–H and O–H groups in total. The van der Waals surface area contributed by atoms with E-state index in [1.54, 1.807) is 0 Å². The van der Waals surface area contributed by atoms with Gasteiger partial charge in [-0.25, -0.2) is 4.98 Å². The van der Waals surface area contributed by atoms with Crippen molar-refractivity contribution >= 4 is 34.3 Å². The van der Waals surface area contributed by atoms with E-state index in [4.69, 9.17) is 22.3 Å². The van der Waals surface area contributed by atoms with E-state index in [9.17, 15) is 0 Å². The maximum Gasteiger partial charge on any atom is 0.206 e. The van der Waals surface area contributed by atoms with Crippen LogP contribution in [0.25, 0.3) is 11.0 Å². The Morgan fingerprint density at radius 1 is 1.17 bits per heavy atom. The maximum atomic E-state index is 6.21. The number of aromatic nitrogens is 2. The topological polar surface area (TPSA) is 50.3 Å². The van der Waals surface area contributed by atoms with Gasteiger partial charge in [0, 0.05) is 32.2 Å². The van der Waals surface area contributed by atoms with Crippen LogP contribution in [0.1, 0.15) is 32.7 Å². The SMILES string of the molecule is CCC(CC)n1c(N2CCN(C)CC2)nc2cc(Cl)c(N)cc21. The minimum Gasteiger partial charge on any atom is -0.397 e. The molecule has 1 aliphatic heterocycles. The molecule has 0 saturated carbocycles. The summed E-state index contributed by atoms with van der Waals surface area (Å²) in [6, 6.07) is 4.29. The zero-order valence-corrected chi connectivity index (χ0v) is 15.0. The van der Waals surface area contributed by atoms with Crippen LogP contribution in [0.5, 0.6) is 0 Å². The number of piperazine rings is 1. The van der Waals surface area contributed by atoms with Crippen LogP contribution in [0.4, 0.5) is 11.6 Å². The van der Waals surface area contributed by atoms with E-state index < -0.39 is 0 Å². The molecule has 0 bridgehead atoms. The monoisotopic (exact) mass is 335 g/mol. The number of fused-ring (bicyclic) bond motifs is 1. The number of likely N-dealkylation sites (N-methyl/N-ethyl adjacent to an activating group) is 1. The molecular weight excluding hydrogens is 310 g/mol. The molecule has 3 rings (SSSR count). The average molecular weight is 336 g/mol. The Balaban J connectivity index is 2.13. The zero-order chi connectivity index (χ0) is 16.6. The van der Waals surface area contributed by atoms with Gasteiger partial charge in [-0.2, -0.15) is 0 Å². The summed E-state index contributed by atoms with van der Waals surface area (Å²) in [6.45, 7) is 8.59. The first kappa shape index (κ1) is 16.4. The normalized spacial score (nSPS) is 16.7. The van der Waals surface area contributed by atoms with E-state index >= 15 is 0 Å². The summed E-state index contributed by atoms with van der Waals surface area (Å²) in [5.41, 5.74) is 8.70. The molecule has 2 heterocycles.